The first-order valence-electron chi connectivity index (χ1n) is 4.09. The predicted molar refractivity (Wildman–Crippen MR) is 55.9 cm³/mol. The Morgan fingerprint density at radius 1 is 1.38 bits per heavy atom. The molecule has 0 heterocycles. The van der Waals surface area contributed by atoms with Gasteiger partial charge in [-0.1, -0.05) is 40.2 Å². The number of benzene rings is 1. The van der Waals surface area contributed by atoms with Gasteiger partial charge in [-0.2, -0.15) is 0 Å². The molecule has 13 heavy (non-hydrogen) atoms. The lowest BCUT2D eigenvalue weighted by atomic mass is 10.1. The van der Waals surface area contributed by atoms with Gasteiger partial charge in [-0.3, -0.25) is 0 Å². The molecule has 1 aromatic carbocycles. The van der Waals surface area contributed by atoms with Crippen molar-refractivity contribution in [3.05, 3.63) is 35.4 Å². The fraction of sp³-hybridized carbons (Fsp3) is 0.400. The Bertz CT molecular complexity index is 246. The third-order valence-electron chi connectivity index (χ3n) is 1.82. The Labute approximate surface area is 86.7 Å². The quantitative estimate of drug-likeness (QED) is 0.824. The van der Waals surface area contributed by atoms with Gasteiger partial charge in [-0.15, -0.1) is 0 Å². The van der Waals surface area contributed by atoms with E-state index in [9.17, 15) is 5.11 Å². The van der Waals surface area contributed by atoms with Crippen LogP contribution in [0.15, 0.2) is 24.3 Å². The molecular formula is C10H13BrO2. The average molecular weight is 245 g/mol. The second-order valence-corrected chi connectivity index (χ2v) is 3.49. The van der Waals surface area contributed by atoms with Gasteiger partial charge >= 0.3 is 0 Å². The molecule has 72 valence electrons. The minimum Gasteiger partial charge on any atom is -0.388 e. The molecule has 0 saturated carbocycles. The maximum atomic E-state index is 9.47. The summed E-state index contributed by atoms with van der Waals surface area (Å²) in [5, 5.41) is 10.0. The van der Waals surface area contributed by atoms with Gasteiger partial charge in [-0.05, 0) is 11.1 Å². The van der Waals surface area contributed by atoms with E-state index in [1.165, 1.54) is 0 Å². The largest absolute Gasteiger partial charge is 0.388 e. The van der Waals surface area contributed by atoms with Gasteiger partial charge in [0.05, 0.1) is 12.7 Å². The normalized spacial score (nSPS) is 12.8. The molecule has 1 unspecified atom stereocenters. The van der Waals surface area contributed by atoms with Crippen molar-refractivity contribution in [1.29, 1.82) is 0 Å². The second-order valence-electron chi connectivity index (χ2n) is 2.84. The summed E-state index contributed by atoms with van der Waals surface area (Å²) in [4.78, 5) is 0. The molecule has 0 bridgehead atoms. The lowest BCUT2D eigenvalue weighted by molar-refractivity contribution is 0.184. The minimum absolute atomic E-state index is 0.420. The van der Waals surface area contributed by atoms with Crippen molar-refractivity contribution in [2.45, 2.75) is 12.7 Å². The standard InChI is InChI=1S/C10H13BrO2/c1-13-7-8-2-4-9(5-3-8)10(12)6-11/h2-5,10,12H,6-7H2,1H3. The van der Waals surface area contributed by atoms with E-state index in [-0.39, 0.29) is 0 Å². The molecular weight excluding hydrogens is 232 g/mol. The molecule has 0 aliphatic heterocycles. The Kier molecular flexibility index (Phi) is 4.42. The molecule has 1 aromatic rings. The van der Waals surface area contributed by atoms with Crippen LogP contribution in [0.1, 0.15) is 17.2 Å². The van der Waals surface area contributed by atoms with Crippen LogP contribution < -0.4 is 0 Å². The van der Waals surface area contributed by atoms with Gasteiger partial charge in [0.25, 0.3) is 0 Å². The topological polar surface area (TPSA) is 29.5 Å². The Hall–Kier alpha value is -0.380. The van der Waals surface area contributed by atoms with Crippen LogP contribution in [0.2, 0.25) is 0 Å². The molecule has 0 spiro atoms. The molecule has 1 N–H and O–H groups in total. The molecule has 2 nitrogen and oxygen atoms in total. The van der Waals surface area contributed by atoms with Crippen molar-refractivity contribution in [1.82, 2.24) is 0 Å². The van der Waals surface area contributed by atoms with Crippen molar-refractivity contribution < 1.29 is 9.84 Å². The van der Waals surface area contributed by atoms with Gasteiger partial charge in [0.1, 0.15) is 0 Å². The Morgan fingerprint density at radius 2 is 2.00 bits per heavy atom. The first kappa shape index (κ1) is 10.7. The first-order valence-corrected chi connectivity index (χ1v) is 5.22. The lowest BCUT2D eigenvalue weighted by Gasteiger charge is -2.07. The smallest absolute Gasteiger partial charge is 0.0886 e. The summed E-state index contributed by atoms with van der Waals surface area (Å²) in [6.07, 6.45) is -0.420. The molecule has 1 atom stereocenters. The molecule has 0 radical (unpaired) electrons. The van der Waals surface area contributed by atoms with Gasteiger partial charge < -0.3 is 9.84 Å². The van der Waals surface area contributed by atoms with Crippen LogP contribution in [0.3, 0.4) is 0 Å². The maximum absolute atomic E-state index is 9.47. The number of aliphatic hydroxyl groups excluding tert-OH is 1. The van der Waals surface area contributed by atoms with Crippen LogP contribution >= 0.6 is 15.9 Å². The van der Waals surface area contributed by atoms with Gasteiger partial charge in [0.15, 0.2) is 0 Å². The van der Waals surface area contributed by atoms with Crippen molar-refractivity contribution >= 4 is 15.9 Å². The lowest BCUT2D eigenvalue weighted by Crippen LogP contribution is -1.98. The van der Waals surface area contributed by atoms with E-state index >= 15 is 0 Å². The fourth-order valence-corrected chi connectivity index (χ4v) is 1.47. The van der Waals surface area contributed by atoms with Crippen LogP contribution in [-0.4, -0.2) is 17.5 Å². The van der Waals surface area contributed by atoms with Crippen molar-refractivity contribution in [3.8, 4) is 0 Å². The third-order valence-corrected chi connectivity index (χ3v) is 2.43. The predicted octanol–water partition coefficient (Wildman–Crippen LogP) is 2.26. The Balaban J connectivity index is 2.69. The second kappa shape index (κ2) is 5.37. The molecule has 0 amide bonds. The zero-order valence-corrected chi connectivity index (χ0v) is 9.12. The highest BCUT2D eigenvalue weighted by molar-refractivity contribution is 9.09. The maximum Gasteiger partial charge on any atom is 0.0886 e. The summed E-state index contributed by atoms with van der Waals surface area (Å²) in [6, 6.07) is 7.76. The minimum atomic E-state index is -0.420. The SMILES string of the molecule is COCc1ccc(C(O)CBr)cc1. The van der Waals surface area contributed by atoms with E-state index in [1.54, 1.807) is 7.11 Å². The number of hydrogen-bond acceptors (Lipinski definition) is 2. The number of rotatable bonds is 4. The fourth-order valence-electron chi connectivity index (χ4n) is 1.09. The number of methoxy groups -OCH3 is 1. The summed E-state index contributed by atoms with van der Waals surface area (Å²) in [5.41, 5.74) is 2.05. The highest BCUT2D eigenvalue weighted by atomic mass is 79.9. The zero-order chi connectivity index (χ0) is 9.68. The van der Waals surface area contributed by atoms with Gasteiger partial charge in [0, 0.05) is 12.4 Å². The van der Waals surface area contributed by atoms with E-state index in [0.29, 0.717) is 11.9 Å². The molecule has 0 saturated heterocycles. The van der Waals surface area contributed by atoms with E-state index in [1.807, 2.05) is 24.3 Å². The number of aliphatic hydroxyl groups is 1. The molecule has 0 aliphatic rings. The molecule has 1 rings (SSSR count). The molecule has 0 fully saturated rings. The van der Waals surface area contributed by atoms with Crippen LogP contribution in [0, 0.1) is 0 Å². The average Bonchev–Trinajstić information content (AvgIpc) is 2.18. The molecule has 3 heteroatoms. The number of hydrogen-bond donors (Lipinski definition) is 1. The van der Waals surface area contributed by atoms with Gasteiger partial charge in [-0.25, -0.2) is 0 Å². The first-order chi connectivity index (χ1) is 6.27. The highest BCUT2D eigenvalue weighted by Gasteiger charge is 2.04. The summed E-state index contributed by atoms with van der Waals surface area (Å²) in [7, 11) is 1.67. The van der Waals surface area contributed by atoms with E-state index < -0.39 is 6.10 Å². The van der Waals surface area contributed by atoms with E-state index in [4.69, 9.17) is 4.74 Å². The number of ether oxygens (including phenoxy) is 1. The number of halogens is 1. The van der Waals surface area contributed by atoms with Crippen LogP contribution in [0.5, 0.6) is 0 Å². The van der Waals surface area contributed by atoms with Crippen molar-refractivity contribution in [3.63, 3.8) is 0 Å². The molecule has 0 aromatic heterocycles. The van der Waals surface area contributed by atoms with Crippen LogP contribution in [-0.2, 0) is 11.3 Å². The van der Waals surface area contributed by atoms with E-state index in [2.05, 4.69) is 15.9 Å². The number of alkyl halides is 1. The summed E-state index contributed by atoms with van der Waals surface area (Å²) in [5.74, 6) is 0. The zero-order valence-electron chi connectivity index (χ0n) is 7.53. The van der Waals surface area contributed by atoms with Crippen LogP contribution in [0.25, 0.3) is 0 Å². The van der Waals surface area contributed by atoms with E-state index in [0.717, 1.165) is 11.1 Å². The molecule has 0 aliphatic carbocycles. The van der Waals surface area contributed by atoms with Crippen molar-refractivity contribution in [2.24, 2.45) is 0 Å². The summed E-state index contributed by atoms with van der Waals surface area (Å²) in [6.45, 7) is 0.616. The summed E-state index contributed by atoms with van der Waals surface area (Å²) < 4.78 is 4.98. The van der Waals surface area contributed by atoms with Crippen molar-refractivity contribution in [2.75, 3.05) is 12.4 Å². The monoisotopic (exact) mass is 244 g/mol. The van der Waals surface area contributed by atoms with Gasteiger partial charge in [0.2, 0.25) is 0 Å². The van der Waals surface area contributed by atoms with Crippen LogP contribution in [0.4, 0.5) is 0 Å². The summed E-state index contributed by atoms with van der Waals surface area (Å²) >= 11 is 3.23. The Morgan fingerprint density at radius 3 is 2.46 bits per heavy atom. The highest BCUT2D eigenvalue weighted by Crippen LogP contribution is 2.15. The third kappa shape index (κ3) is 3.10.